The van der Waals surface area contributed by atoms with Crippen LogP contribution in [-0.2, 0) is 4.79 Å². The fourth-order valence-corrected chi connectivity index (χ4v) is 1.81. The van der Waals surface area contributed by atoms with Crippen LogP contribution in [0.15, 0.2) is 18.5 Å². The molecule has 2 rings (SSSR count). The van der Waals surface area contributed by atoms with E-state index in [1.807, 2.05) is 0 Å². The molecular weight excluding hydrogens is 244 g/mol. The van der Waals surface area contributed by atoms with Gasteiger partial charge in [0.2, 0.25) is 5.91 Å². The summed E-state index contributed by atoms with van der Waals surface area (Å²) in [7, 11) is 0. The lowest BCUT2D eigenvalue weighted by molar-refractivity contribution is -0.123. The molecule has 98 valence electrons. The minimum atomic E-state index is -0.210. The van der Waals surface area contributed by atoms with E-state index in [2.05, 4.69) is 22.1 Å². The summed E-state index contributed by atoms with van der Waals surface area (Å²) in [5.74, 6) is 5.16. The van der Waals surface area contributed by atoms with Gasteiger partial charge in [-0.2, -0.15) is 0 Å². The number of hydrogen-bond donors (Lipinski definition) is 2. The third-order valence-corrected chi connectivity index (χ3v) is 2.70. The third-order valence-electron chi connectivity index (χ3n) is 2.70. The molecule has 0 aromatic carbocycles. The van der Waals surface area contributed by atoms with E-state index in [0.29, 0.717) is 24.2 Å². The Morgan fingerprint density at radius 2 is 2.42 bits per heavy atom. The molecule has 6 nitrogen and oxygen atoms in total. The summed E-state index contributed by atoms with van der Waals surface area (Å²) in [5, 5.41) is 2.68. The quantitative estimate of drug-likeness (QED) is 0.630. The van der Waals surface area contributed by atoms with Crippen molar-refractivity contribution in [3.63, 3.8) is 0 Å². The zero-order valence-corrected chi connectivity index (χ0v) is 10.3. The summed E-state index contributed by atoms with van der Waals surface area (Å²) in [6.45, 7) is 1.26. The number of pyridine rings is 1. The summed E-state index contributed by atoms with van der Waals surface area (Å²) < 4.78 is 0. The van der Waals surface area contributed by atoms with Gasteiger partial charge in [-0.1, -0.05) is 11.8 Å². The molecule has 2 heterocycles. The number of rotatable bonds is 1. The molecule has 1 aromatic heterocycles. The molecule has 1 aliphatic heterocycles. The van der Waals surface area contributed by atoms with Crippen molar-refractivity contribution in [3.8, 4) is 11.8 Å². The second kappa shape index (κ2) is 5.98. The van der Waals surface area contributed by atoms with Crippen LogP contribution in [-0.4, -0.2) is 47.9 Å². The van der Waals surface area contributed by atoms with Crippen molar-refractivity contribution >= 4 is 11.8 Å². The largest absolute Gasteiger partial charge is 0.353 e. The van der Waals surface area contributed by atoms with Crippen molar-refractivity contribution in [1.29, 1.82) is 0 Å². The van der Waals surface area contributed by atoms with Crippen molar-refractivity contribution in [2.24, 2.45) is 5.73 Å². The molecule has 1 aliphatic rings. The Balaban J connectivity index is 2.25. The Kier molecular flexibility index (Phi) is 4.11. The Hall–Kier alpha value is -2.39. The molecule has 0 unspecified atom stereocenters. The van der Waals surface area contributed by atoms with Crippen LogP contribution in [0.1, 0.15) is 15.9 Å². The third kappa shape index (κ3) is 3.09. The highest BCUT2D eigenvalue weighted by Crippen LogP contribution is 2.10. The van der Waals surface area contributed by atoms with E-state index < -0.39 is 0 Å². The van der Waals surface area contributed by atoms with Gasteiger partial charge in [-0.05, 0) is 6.07 Å². The fraction of sp³-hybridized carbons (Fsp3) is 0.308. The van der Waals surface area contributed by atoms with E-state index in [-0.39, 0.29) is 24.9 Å². The van der Waals surface area contributed by atoms with E-state index in [9.17, 15) is 9.59 Å². The SMILES string of the molecule is NCC#Cc1cnccc1C(=O)N1CCNC(=O)C1. The molecule has 0 aliphatic carbocycles. The monoisotopic (exact) mass is 258 g/mol. The second-order valence-electron chi connectivity index (χ2n) is 4.00. The van der Waals surface area contributed by atoms with E-state index >= 15 is 0 Å². The molecule has 1 aromatic rings. The molecule has 1 fully saturated rings. The Morgan fingerprint density at radius 1 is 1.58 bits per heavy atom. The zero-order chi connectivity index (χ0) is 13.7. The van der Waals surface area contributed by atoms with Crippen LogP contribution in [0.2, 0.25) is 0 Å². The van der Waals surface area contributed by atoms with E-state index in [1.54, 1.807) is 6.07 Å². The number of aromatic nitrogens is 1. The van der Waals surface area contributed by atoms with Gasteiger partial charge < -0.3 is 16.0 Å². The number of carbonyl (C=O) groups is 2. The Bertz CT molecular complexity index is 559. The molecule has 0 saturated carbocycles. The lowest BCUT2D eigenvalue weighted by Gasteiger charge is -2.26. The van der Waals surface area contributed by atoms with E-state index in [4.69, 9.17) is 5.73 Å². The van der Waals surface area contributed by atoms with Crippen LogP contribution >= 0.6 is 0 Å². The molecule has 0 bridgehead atoms. The van der Waals surface area contributed by atoms with Crippen molar-refractivity contribution in [2.75, 3.05) is 26.2 Å². The van der Waals surface area contributed by atoms with Gasteiger partial charge in [-0.15, -0.1) is 0 Å². The van der Waals surface area contributed by atoms with Crippen LogP contribution in [0.25, 0.3) is 0 Å². The summed E-state index contributed by atoms with van der Waals surface area (Å²) >= 11 is 0. The van der Waals surface area contributed by atoms with Gasteiger partial charge in [0.15, 0.2) is 0 Å². The lowest BCUT2D eigenvalue weighted by Crippen LogP contribution is -2.50. The summed E-state index contributed by atoms with van der Waals surface area (Å²) in [5.41, 5.74) is 6.30. The van der Waals surface area contributed by atoms with Crippen LogP contribution < -0.4 is 11.1 Å². The van der Waals surface area contributed by atoms with Gasteiger partial charge in [0.05, 0.1) is 24.2 Å². The topological polar surface area (TPSA) is 88.3 Å². The highest BCUT2D eigenvalue weighted by molar-refractivity contribution is 5.98. The average Bonchev–Trinajstić information content (AvgIpc) is 2.44. The molecule has 3 N–H and O–H groups in total. The highest BCUT2D eigenvalue weighted by Gasteiger charge is 2.23. The number of carbonyl (C=O) groups excluding carboxylic acids is 2. The summed E-state index contributed by atoms with van der Waals surface area (Å²) in [6, 6.07) is 1.61. The van der Waals surface area contributed by atoms with Crippen molar-refractivity contribution in [2.45, 2.75) is 0 Å². The van der Waals surface area contributed by atoms with Gasteiger partial charge in [0, 0.05) is 25.5 Å². The second-order valence-corrected chi connectivity index (χ2v) is 4.00. The van der Waals surface area contributed by atoms with E-state index in [0.717, 1.165) is 0 Å². The number of nitrogens with zero attached hydrogens (tertiary/aromatic N) is 2. The fourth-order valence-electron chi connectivity index (χ4n) is 1.81. The number of nitrogens with two attached hydrogens (primary N) is 1. The first-order valence-electron chi connectivity index (χ1n) is 5.91. The zero-order valence-electron chi connectivity index (χ0n) is 10.3. The van der Waals surface area contributed by atoms with Crippen molar-refractivity contribution in [3.05, 3.63) is 29.6 Å². The van der Waals surface area contributed by atoms with Crippen molar-refractivity contribution < 1.29 is 9.59 Å². The van der Waals surface area contributed by atoms with E-state index in [1.165, 1.54) is 17.3 Å². The number of amides is 2. The normalized spacial score (nSPS) is 14.4. The smallest absolute Gasteiger partial charge is 0.255 e. The first-order chi connectivity index (χ1) is 9.22. The summed E-state index contributed by atoms with van der Waals surface area (Å²) in [6.07, 6.45) is 3.06. The van der Waals surface area contributed by atoms with Gasteiger partial charge >= 0.3 is 0 Å². The number of hydrogen-bond acceptors (Lipinski definition) is 4. The Morgan fingerprint density at radius 3 is 3.16 bits per heavy atom. The molecule has 19 heavy (non-hydrogen) atoms. The molecule has 0 radical (unpaired) electrons. The average molecular weight is 258 g/mol. The lowest BCUT2D eigenvalue weighted by atomic mass is 10.1. The maximum atomic E-state index is 12.3. The predicted octanol–water partition coefficient (Wildman–Crippen LogP) is -1.04. The molecule has 1 saturated heterocycles. The molecule has 6 heteroatoms. The molecule has 0 spiro atoms. The van der Waals surface area contributed by atoms with Gasteiger partial charge in [-0.3, -0.25) is 14.6 Å². The first kappa shape index (κ1) is 13.1. The highest BCUT2D eigenvalue weighted by atomic mass is 16.2. The maximum Gasteiger partial charge on any atom is 0.255 e. The number of piperazine rings is 1. The molecular formula is C13H14N4O2. The standard InChI is InChI=1S/C13H14N4O2/c14-4-1-2-10-8-15-5-3-11(10)13(19)17-7-6-16-12(18)9-17/h3,5,8H,4,6-7,9,14H2,(H,16,18). The van der Waals surface area contributed by atoms with Crippen molar-refractivity contribution in [1.82, 2.24) is 15.2 Å². The summed E-state index contributed by atoms with van der Waals surface area (Å²) in [4.78, 5) is 29.1. The predicted molar refractivity (Wildman–Crippen MR) is 69.1 cm³/mol. The van der Waals surface area contributed by atoms with Gasteiger partial charge in [0.1, 0.15) is 0 Å². The van der Waals surface area contributed by atoms with Crippen LogP contribution in [0.3, 0.4) is 0 Å². The van der Waals surface area contributed by atoms with Crippen LogP contribution in [0, 0.1) is 11.8 Å². The maximum absolute atomic E-state index is 12.3. The van der Waals surface area contributed by atoms with Gasteiger partial charge in [-0.25, -0.2) is 0 Å². The molecule has 2 amide bonds. The number of nitrogens with one attached hydrogen (secondary N) is 1. The van der Waals surface area contributed by atoms with Crippen LogP contribution in [0.4, 0.5) is 0 Å². The minimum absolute atomic E-state index is 0.0743. The van der Waals surface area contributed by atoms with Gasteiger partial charge in [0.25, 0.3) is 5.91 Å². The molecule has 0 atom stereocenters. The van der Waals surface area contributed by atoms with Crippen LogP contribution in [0.5, 0.6) is 0 Å². The Labute approximate surface area is 111 Å². The first-order valence-corrected chi connectivity index (χ1v) is 5.91. The minimum Gasteiger partial charge on any atom is -0.353 e.